The largest absolute Gasteiger partial charge is 0.454 e. The predicted molar refractivity (Wildman–Crippen MR) is 90.1 cm³/mol. The van der Waals surface area contributed by atoms with Crippen molar-refractivity contribution in [2.45, 2.75) is 44.6 Å². The molecule has 0 aliphatic carbocycles. The van der Waals surface area contributed by atoms with Crippen LogP contribution in [0.4, 0.5) is 4.79 Å². The Morgan fingerprint density at radius 2 is 1.78 bits per heavy atom. The summed E-state index contributed by atoms with van der Waals surface area (Å²) in [6.07, 6.45) is 7.76. The SMILES string of the molecule is CSCC[C@@H](NC(N)=O)C(=O)OCC(=O)N1CCCCCCC1. The quantitative estimate of drug-likeness (QED) is 0.673. The number of nitrogens with one attached hydrogen (secondary N) is 1. The van der Waals surface area contributed by atoms with E-state index in [9.17, 15) is 14.4 Å². The van der Waals surface area contributed by atoms with Gasteiger partial charge < -0.3 is 20.7 Å². The van der Waals surface area contributed by atoms with Gasteiger partial charge in [-0.3, -0.25) is 4.79 Å². The molecule has 3 amide bonds. The second kappa shape index (κ2) is 11.2. The van der Waals surface area contributed by atoms with E-state index in [-0.39, 0.29) is 12.5 Å². The number of hydrogen-bond acceptors (Lipinski definition) is 5. The molecule has 1 aliphatic rings. The van der Waals surface area contributed by atoms with Gasteiger partial charge in [0.2, 0.25) is 0 Å². The van der Waals surface area contributed by atoms with E-state index in [2.05, 4.69) is 5.32 Å². The van der Waals surface area contributed by atoms with Crippen molar-refractivity contribution in [3.8, 4) is 0 Å². The van der Waals surface area contributed by atoms with Crippen LogP contribution in [0.1, 0.15) is 38.5 Å². The molecule has 0 aromatic rings. The number of thioether (sulfide) groups is 1. The van der Waals surface area contributed by atoms with E-state index >= 15 is 0 Å². The Balaban J connectivity index is 2.43. The smallest absolute Gasteiger partial charge is 0.329 e. The van der Waals surface area contributed by atoms with Gasteiger partial charge in [-0.15, -0.1) is 0 Å². The second-order valence-corrected chi connectivity index (χ2v) is 6.58. The molecule has 1 aliphatic heterocycles. The van der Waals surface area contributed by atoms with Gasteiger partial charge in [-0.2, -0.15) is 11.8 Å². The minimum Gasteiger partial charge on any atom is -0.454 e. The highest BCUT2D eigenvalue weighted by Gasteiger charge is 2.23. The van der Waals surface area contributed by atoms with Gasteiger partial charge in [0.05, 0.1) is 0 Å². The Bertz CT molecular complexity index is 398. The number of esters is 1. The van der Waals surface area contributed by atoms with E-state index in [0.29, 0.717) is 25.3 Å². The first-order valence-electron chi connectivity index (χ1n) is 8.04. The molecule has 23 heavy (non-hydrogen) atoms. The number of carbonyl (C=O) groups is 3. The van der Waals surface area contributed by atoms with Gasteiger partial charge in [0.1, 0.15) is 6.04 Å². The third-order valence-electron chi connectivity index (χ3n) is 3.76. The highest BCUT2D eigenvalue weighted by molar-refractivity contribution is 7.98. The monoisotopic (exact) mass is 345 g/mol. The molecule has 0 aromatic carbocycles. The summed E-state index contributed by atoms with van der Waals surface area (Å²) in [7, 11) is 0. The van der Waals surface area contributed by atoms with Crippen LogP contribution in [0.5, 0.6) is 0 Å². The van der Waals surface area contributed by atoms with Crippen LogP contribution in [0.3, 0.4) is 0 Å². The highest BCUT2D eigenvalue weighted by Crippen LogP contribution is 2.11. The molecule has 1 fully saturated rings. The summed E-state index contributed by atoms with van der Waals surface area (Å²) in [5.41, 5.74) is 5.07. The standard InChI is InChI=1S/C15H27N3O4S/c1-23-10-7-12(17-15(16)21)14(20)22-11-13(19)18-8-5-3-2-4-6-9-18/h12H,2-11H2,1H3,(H3,16,17,21)/t12-/m1/s1. The lowest BCUT2D eigenvalue weighted by Gasteiger charge is -2.25. The van der Waals surface area contributed by atoms with E-state index in [1.807, 2.05) is 6.26 Å². The van der Waals surface area contributed by atoms with Crippen molar-refractivity contribution < 1.29 is 19.1 Å². The van der Waals surface area contributed by atoms with Crippen molar-refractivity contribution >= 4 is 29.7 Å². The lowest BCUT2D eigenvalue weighted by molar-refractivity contribution is -0.153. The number of nitrogens with zero attached hydrogens (tertiary/aromatic N) is 1. The maximum absolute atomic E-state index is 12.2. The maximum Gasteiger partial charge on any atom is 0.329 e. The summed E-state index contributed by atoms with van der Waals surface area (Å²) in [6, 6.07) is -1.58. The average Bonchev–Trinajstić information content (AvgIpc) is 2.48. The van der Waals surface area contributed by atoms with E-state index in [4.69, 9.17) is 10.5 Å². The minimum absolute atomic E-state index is 0.178. The first-order valence-corrected chi connectivity index (χ1v) is 9.43. The molecule has 0 radical (unpaired) electrons. The molecule has 0 spiro atoms. The molecule has 0 unspecified atom stereocenters. The van der Waals surface area contributed by atoms with Crippen LogP contribution >= 0.6 is 11.8 Å². The molecule has 0 saturated carbocycles. The lowest BCUT2D eigenvalue weighted by Crippen LogP contribution is -2.46. The Labute approximate surface area is 141 Å². The van der Waals surface area contributed by atoms with Crippen LogP contribution in [0.25, 0.3) is 0 Å². The number of carbonyl (C=O) groups excluding carboxylic acids is 3. The zero-order chi connectivity index (χ0) is 17.1. The van der Waals surface area contributed by atoms with Crippen molar-refractivity contribution in [3.63, 3.8) is 0 Å². The topological polar surface area (TPSA) is 102 Å². The number of likely N-dealkylation sites (tertiary alicyclic amines) is 1. The zero-order valence-corrected chi connectivity index (χ0v) is 14.5. The van der Waals surface area contributed by atoms with Crippen molar-refractivity contribution in [1.82, 2.24) is 10.2 Å². The molecule has 132 valence electrons. The van der Waals surface area contributed by atoms with Crippen molar-refractivity contribution in [1.29, 1.82) is 0 Å². The number of amides is 3. The second-order valence-electron chi connectivity index (χ2n) is 5.60. The highest BCUT2D eigenvalue weighted by atomic mass is 32.2. The van der Waals surface area contributed by atoms with Crippen molar-refractivity contribution in [2.24, 2.45) is 5.73 Å². The summed E-state index contributed by atoms with van der Waals surface area (Å²) in [5.74, 6) is -0.110. The molecule has 1 atom stereocenters. The predicted octanol–water partition coefficient (Wildman–Crippen LogP) is 1.11. The Hall–Kier alpha value is -1.44. The molecule has 1 rings (SSSR count). The molecule has 7 nitrogen and oxygen atoms in total. The molecule has 0 aromatic heterocycles. The Morgan fingerprint density at radius 1 is 1.17 bits per heavy atom. The van der Waals surface area contributed by atoms with Crippen LogP contribution in [-0.2, 0) is 14.3 Å². The van der Waals surface area contributed by atoms with Gasteiger partial charge in [-0.05, 0) is 31.3 Å². The van der Waals surface area contributed by atoms with Gasteiger partial charge in [-0.25, -0.2) is 9.59 Å². The molecular formula is C15H27N3O4S. The first kappa shape index (κ1) is 19.6. The van der Waals surface area contributed by atoms with E-state index in [1.54, 1.807) is 16.7 Å². The van der Waals surface area contributed by atoms with Crippen LogP contribution in [0.15, 0.2) is 0 Å². The van der Waals surface area contributed by atoms with Gasteiger partial charge in [0.15, 0.2) is 6.61 Å². The Morgan fingerprint density at radius 3 is 2.35 bits per heavy atom. The van der Waals surface area contributed by atoms with Gasteiger partial charge in [0, 0.05) is 13.1 Å². The fraction of sp³-hybridized carbons (Fsp3) is 0.800. The van der Waals surface area contributed by atoms with Crippen molar-refractivity contribution in [3.05, 3.63) is 0 Å². The molecule has 1 saturated heterocycles. The maximum atomic E-state index is 12.2. The van der Waals surface area contributed by atoms with Gasteiger partial charge in [-0.1, -0.05) is 19.3 Å². The van der Waals surface area contributed by atoms with E-state index in [0.717, 1.165) is 25.7 Å². The van der Waals surface area contributed by atoms with Gasteiger partial charge in [0.25, 0.3) is 5.91 Å². The molecule has 1 heterocycles. The number of nitrogens with two attached hydrogens (primary N) is 1. The zero-order valence-electron chi connectivity index (χ0n) is 13.7. The van der Waals surface area contributed by atoms with Crippen LogP contribution in [0.2, 0.25) is 0 Å². The number of hydrogen-bond donors (Lipinski definition) is 2. The lowest BCUT2D eigenvalue weighted by atomic mass is 10.1. The summed E-state index contributed by atoms with van der Waals surface area (Å²) >= 11 is 1.55. The fourth-order valence-electron chi connectivity index (χ4n) is 2.48. The third kappa shape index (κ3) is 8.11. The van der Waals surface area contributed by atoms with Crippen molar-refractivity contribution in [2.75, 3.05) is 31.7 Å². The number of rotatable bonds is 7. The summed E-state index contributed by atoms with van der Waals surface area (Å²) in [5, 5.41) is 2.36. The summed E-state index contributed by atoms with van der Waals surface area (Å²) in [4.78, 5) is 36.9. The first-order chi connectivity index (χ1) is 11.0. The summed E-state index contributed by atoms with van der Waals surface area (Å²) in [6.45, 7) is 1.15. The molecule has 0 bridgehead atoms. The van der Waals surface area contributed by atoms with Crippen LogP contribution in [-0.4, -0.2) is 60.6 Å². The molecule has 3 N–H and O–H groups in total. The average molecular weight is 345 g/mol. The molecule has 8 heteroatoms. The van der Waals surface area contributed by atoms with Crippen LogP contribution < -0.4 is 11.1 Å². The normalized spacial score (nSPS) is 16.8. The van der Waals surface area contributed by atoms with E-state index in [1.165, 1.54) is 6.42 Å². The number of primary amides is 1. The Kier molecular flexibility index (Phi) is 9.51. The number of urea groups is 1. The summed E-state index contributed by atoms with van der Waals surface area (Å²) < 4.78 is 5.08. The minimum atomic E-state index is -0.805. The molecular weight excluding hydrogens is 318 g/mol. The van der Waals surface area contributed by atoms with E-state index < -0.39 is 18.0 Å². The fourth-order valence-corrected chi connectivity index (χ4v) is 2.95. The number of ether oxygens (including phenoxy) is 1. The van der Waals surface area contributed by atoms with Crippen LogP contribution in [0, 0.1) is 0 Å². The van der Waals surface area contributed by atoms with Gasteiger partial charge >= 0.3 is 12.0 Å². The third-order valence-corrected chi connectivity index (χ3v) is 4.40.